The Labute approximate surface area is 166 Å². The van der Waals surface area contributed by atoms with Crippen LogP contribution in [0.1, 0.15) is 18.8 Å². The Kier molecular flexibility index (Phi) is 5.10. The molecular formula is C22H17ClO3S. The first-order chi connectivity index (χ1) is 13.1. The Morgan fingerprint density at radius 2 is 1.81 bits per heavy atom. The number of carbonyl (C=O) groups is 1. The molecule has 4 aromatic rings. The predicted molar refractivity (Wildman–Crippen MR) is 110 cm³/mol. The van der Waals surface area contributed by atoms with E-state index in [2.05, 4.69) is 0 Å². The summed E-state index contributed by atoms with van der Waals surface area (Å²) in [5, 5.41) is 3.69. The van der Waals surface area contributed by atoms with Crippen LogP contribution in [-0.4, -0.2) is 11.7 Å². The van der Waals surface area contributed by atoms with E-state index in [1.54, 1.807) is 0 Å². The highest BCUT2D eigenvalue weighted by molar-refractivity contribution is 8.00. The minimum absolute atomic E-state index is 0.203. The summed E-state index contributed by atoms with van der Waals surface area (Å²) >= 11 is 7.76. The van der Waals surface area contributed by atoms with Gasteiger partial charge in [-0.25, -0.2) is 0 Å². The fourth-order valence-electron chi connectivity index (χ4n) is 3.01. The largest absolute Gasteiger partial charge is 0.457 e. The number of esters is 1. The number of hydrogen-bond acceptors (Lipinski definition) is 4. The van der Waals surface area contributed by atoms with E-state index in [9.17, 15) is 4.79 Å². The van der Waals surface area contributed by atoms with E-state index in [0.29, 0.717) is 10.8 Å². The van der Waals surface area contributed by atoms with Crippen molar-refractivity contribution < 1.29 is 13.9 Å². The summed E-state index contributed by atoms with van der Waals surface area (Å²) in [6.07, 6.45) is -0.443. The van der Waals surface area contributed by atoms with Crippen molar-refractivity contribution in [1.29, 1.82) is 0 Å². The van der Waals surface area contributed by atoms with Gasteiger partial charge in [-0.2, -0.15) is 0 Å². The third-order valence-corrected chi connectivity index (χ3v) is 5.66. The van der Waals surface area contributed by atoms with Crippen LogP contribution in [0.5, 0.6) is 0 Å². The van der Waals surface area contributed by atoms with Crippen LogP contribution in [0.3, 0.4) is 0 Å². The average Bonchev–Trinajstić information content (AvgIpc) is 3.11. The number of hydrogen-bond donors (Lipinski definition) is 0. The maximum Gasteiger partial charge on any atom is 0.316 e. The van der Waals surface area contributed by atoms with E-state index in [0.717, 1.165) is 26.6 Å². The number of carbonyl (C=O) groups excluding carboxylic acids is 1. The molecule has 136 valence electrons. The van der Waals surface area contributed by atoms with Gasteiger partial charge in [0.1, 0.15) is 11.3 Å². The number of furan rings is 1. The van der Waals surface area contributed by atoms with Crippen molar-refractivity contribution in [3.63, 3.8) is 0 Å². The Morgan fingerprint density at radius 1 is 1.07 bits per heavy atom. The lowest BCUT2D eigenvalue weighted by Gasteiger charge is -2.11. The van der Waals surface area contributed by atoms with Gasteiger partial charge in [0.05, 0.1) is 5.75 Å². The minimum atomic E-state index is -0.443. The molecule has 27 heavy (non-hydrogen) atoms. The smallest absolute Gasteiger partial charge is 0.316 e. The van der Waals surface area contributed by atoms with Crippen LogP contribution in [0.4, 0.5) is 0 Å². The number of thioether (sulfide) groups is 1. The number of ether oxygens (including phenoxy) is 1. The van der Waals surface area contributed by atoms with E-state index in [1.165, 1.54) is 11.8 Å². The van der Waals surface area contributed by atoms with Crippen LogP contribution >= 0.6 is 23.4 Å². The lowest BCUT2D eigenvalue weighted by molar-refractivity contribution is -0.146. The number of fused-ring (bicyclic) bond motifs is 2. The van der Waals surface area contributed by atoms with Gasteiger partial charge in [0.2, 0.25) is 0 Å². The van der Waals surface area contributed by atoms with Crippen LogP contribution in [0.25, 0.3) is 21.7 Å². The summed E-state index contributed by atoms with van der Waals surface area (Å²) in [5.41, 5.74) is 0.787. The molecule has 1 atom stereocenters. The summed E-state index contributed by atoms with van der Waals surface area (Å²) < 4.78 is 11.3. The zero-order valence-corrected chi connectivity index (χ0v) is 16.2. The van der Waals surface area contributed by atoms with Gasteiger partial charge >= 0.3 is 5.97 Å². The zero-order valence-electron chi connectivity index (χ0n) is 14.6. The minimum Gasteiger partial charge on any atom is -0.457 e. The molecular weight excluding hydrogens is 380 g/mol. The van der Waals surface area contributed by atoms with Crippen LogP contribution < -0.4 is 0 Å². The summed E-state index contributed by atoms with van der Waals surface area (Å²) in [6.45, 7) is 1.81. The second-order valence-corrected chi connectivity index (χ2v) is 7.63. The van der Waals surface area contributed by atoms with E-state index in [-0.39, 0.29) is 11.7 Å². The van der Waals surface area contributed by atoms with Crippen molar-refractivity contribution >= 4 is 51.1 Å². The maximum absolute atomic E-state index is 12.3. The number of rotatable bonds is 5. The lowest BCUT2D eigenvalue weighted by atomic mass is 10.1. The molecule has 0 bridgehead atoms. The maximum atomic E-state index is 12.3. The molecule has 0 aliphatic carbocycles. The van der Waals surface area contributed by atoms with Gasteiger partial charge in [-0.1, -0.05) is 54.1 Å². The van der Waals surface area contributed by atoms with Gasteiger partial charge in [-0.3, -0.25) is 4.79 Å². The van der Waals surface area contributed by atoms with Crippen molar-refractivity contribution in [2.24, 2.45) is 0 Å². The first kappa shape index (κ1) is 18.0. The molecule has 0 unspecified atom stereocenters. The quantitative estimate of drug-likeness (QED) is 0.280. The third kappa shape index (κ3) is 3.82. The topological polar surface area (TPSA) is 39.4 Å². The van der Waals surface area contributed by atoms with Gasteiger partial charge in [0, 0.05) is 20.7 Å². The van der Waals surface area contributed by atoms with Gasteiger partial charge in [-0.15, -0.1) is 11.8 Å². The van der Waals surface area contributed by atoms with E-state index in [1.807, 2.05) is 73.7 Å². The molecule has 3 nitrogen and oxygen atoms in total. The molecule has 1 heterocycles. The second kappa shape index (κ2) is 7.67. The van der Waals surface area contributed by atoms with Gasteiger partial charge in [0.25, 0.3) is 0 Å². The zero-order chi connectivity index (χ0) is 18.8. The highest BCUT2D eigenvalue weighted by atomic mass is 35.5. The van der Waals surface area contributed by atoms with E-state index >= 15 is 0 Å². The highest BCUT2D eigenvalue weighted by Crippen LogP contribution is 2.33. The first-order valence-corrected chi connectivity index (χ1v) is 9.96. The van der Waals surface area contributed by atoms with Crippen molar-refractivity contribution in [3.05, 3.63) is 77.5 Å². The summed E-state index contributed by atoms with van der Waals surface area (Å²) in [6, 6.07) is 21.4. The summed E-state index contributed by atoms with van der Waals surface area (Å²) in [7, 11) is 0. The monoisotopic (exact) mass is 396 g/mol. The van der Waals surface area contributed by atoms with Crippen LogP contribution in [0.15, 0.2) is 76.0 Å². The number of halogens is 1. The number of benzene rings is 3. The Bertz CT molecular complexity index is 1080. The van der Waals surface area contributed by atoms with Crippen LogP contribution in [0.2, 0.25) is 5.02 Å². The molecule has 0 saturated carbocycles. The van der Waals surface area contributed by atoms with Crippen molar-refractivity contribution in [3.8, 4) is 0 Å². The average molecular weight is 397 g/mol. The predicted octanol–water partition coefficient (Wildman–Crippen LogP) is 6.64. The molecule has 1 aromatic heterocycles. The molecule has 5 heteroatoms. The Morgan fingerprint density at radius 3 is 2.63 bits per heavy atom. The van der Waals surface area contributed by atoms with Crippen LogP contribution in [-0.2, 0) is 9.53 Å². The second-order valence-electron chi connectivity index (χ2n) is 6.20. The van der Waals surface area contributed by atoms with E-state index < -0.39 is 6.10 Å². The van der Waals surface area contributed by atoms with Crippen LogP contribution in [0, 0.1) is 0 Å². The van der Waals surface area contributed by atoms with Gasteiger partial charge in [-0.05, 0) is 36.6 Å². The molecule has 0 aliphatic rings. The molecule has 0 radical (unpaired) electrons. The van der Waals surface area contributed by atoms with Crippen molar-refractivity contribution in [2.75, 3.05) is 5.75 Å². The fourth-order valence-corrected chi connectivity index (χ4v) is 4.24. The van der Waals surface area contributed by atoms with Crippen molar-refractivity contribution in [2.45, 2.75) is 17.9 Å². The SMILES string of the molecule is C[C@H](OC(=O)CSc1cccc2cccc(Cl)c12)c1cc2ccccc2o1. The Hall–Kier alpha value is -2.43. The van der Waals surface area contributed by atoms with Crippen molar-refractivity contribution in [1.82, 2.24) is 0 Å². The molecule has 0 spiro atoms. The first-order valence-electron chi connectivity index (χ1n) is 8.60. The summed E-state index contributed by atoms with van der Waals surface area (Å²) in [5.74, 6) is 0.550. The lowest BCUT2D eigenvalue weighted by Crippen LogP contribution is -2.10. The highest BCUT2D eigenvalue weighted by Gasteiger charge is 2.17. The molecule has 0 N–H and O–H groups in total. The molecule has 0 aliphatic heterocycles. The number of para-hydroxylation sites is 1. The normalized spacial score (nSPS) is 12.4. The molecule has 0 saturated heterocycles. The summed E-state index contributed by atoms with van der Waals surface area (Å²) in [4.78, 5) is 13.3. The molecule has 0 amide bonds. The fraction of sp³-hybridized carbons (Fsp3) is 0.136. The third-order valence-electron chi connectivity index (χ3n) is 4.31. The standard InChI is InChI=1S/C22H17ClO3S/c1-14(19-12-16-6-2-3-10-18(16)26-19)25-21(24)13-27-20-11-5-8-15-7-4-9-17(23)22(15)20/h2-12,14H,13H2,1H3/t14-/m0/s1. The molecule has 0 fully saturated rings. The van der Waals surface area contributed by atoms with Gasteiger partial charge < -0.3 is 9.15 Å². The molecule has 3 aromatic carbocycles. The Balaban J connectivity index is 1.44. The van der Waals surface area contributed by atoms with Gasteiger partial charge in [0.15, 0.2) is 6.10 Å². The van der Waals surface area contributed by atoms with E-state index in [4.69, 9.17) is 20.8 Å². The molecule has 4 rings (SSSR count).